The number of rotatable bonds is 7. The first kappa shape index (κ1) is 20.9. The van der Waals surface area contributed by atoms with Gasteiger partial charge in [-0.2, -0.15) is 0 Å². The number of likely N-dealkylation sites (tertiary alicyclic amines) is 1. The van der Waals surface area contributed by atoms with E-state index in [-0.39, 0.29) is 12.7 Å². The van der Waals surface area contributed by atoms with Crippen LogP contribution in [0.4, 0.5) is 10.2 Å². The lowest BCUT2D eigenvalue weighted by molar-refractivity contribution is -0.174. The Hall–Kier alpha value is -2.44. The fraction of sp³-hybridized carbons (Fsp3) is 0.536. The lowest BCUT2D eigenvalue weighted by Crippen LogP contribution is -2.71. The summed E-state index contributed by atoms with van der Waals surface area (Å²) in [4.78, 5) is 13.8. The van der Waals surface area contributed by atoms with Crippen LogP contribution in [0.25, 0.3) is 10.9 Å². The van der Waals surface area contributed by atoms with Crippen LogP contribution in [0.3, 0.4) is 0 Å². The number of hydrogen-bond acceptors (Lipinski definition) is 4. The largest absolute Gasteiger partial charge is 0.365 e. The zero-order valence-electron chi connectivity index (χ0n) is 19.9. The fourth-order valence-corrected chi connectivity index (χ4v) is 7.27. The number of aromatic amines is 1. The molecule has 2 bridgehead atoms. The normalized spacial score (nSPS) is 30.9. The van der Waals surface area contributed by atoms with Crippen molar-refractivity contribution in [3.63, 3.8) is 0 Å². The highest BCUT2D eigenvalue weighted by Gasteiger charge is 2.63. The van der Waals surface area contributed by atoms with E-state index in [4.69, 9.17) is 4.98 Å². The van der Waals surface area contributed by atoms with Gasteiger partial charge in [-0.1, -0.05) is 24.3 Å². The monoisotopic (exact) mass is 459 g/mol. The molecule has 1 saturated heterocycles. The van der Waals surface area contributed by atoms with Gasteiger partial charge in [-0.25, -0.2) is 4.98 Å². The summed E-state index contributed by atoms with van der Waals surface area (Å²) in [5.74, 6) is 1.89. The first-order valence-electron chi connectivity index (χ1n) is 13.0. The highest BCUT2D eigenvalue weighted by atomic mass is 19.1. The molecule has 3 aromatic rings. The van der Waals surface area contributed by atoms with Gasteiger partial charge < -0.3 is 10.3 Å². The number of alkyl halides is 1. The van der Waals surface area contributed by atoms with Gasteiger partial charge in [0.1, 0.15) is 5.82 Å². The lowest BCUT2D eigenvalue weighted by atomic mass is 9.48. The first-order chi connectivity index (χ1) is 16.6. The van der Waals surface area contributed by atoms with Gasteiger partial charge in [0.25, 0.3) is 0 Å². The predicted octanol–water partition coefficient (Wildman–Crippen LogP) is 4.91. The molecule has 0 amide bonds. The molecule has 2 aliphatic heterocycles. The Balaban J connectivity index is 1.18. The van der Waals surface area contributed by atoms with E-state index >= 15 is 0 Å². The summed E-state index contributed by atoms with van der Waals surface area (Å²) in [6.45, 7) is 4.99. The van der Waals surface area contributed by atoms with Crippen molar-refractivity contribution < 1.29 is 4.39 Å². The van der Waals surface area contributed by atoms with Gasteiger partial charge >= 0.3 is 0 Å². The number of para-hydroxylation sites is 1. The smallest absolute Gasteiger partial charge is 0.126 e. The fourth-order valence-electron chi connectivity index (χ4n) is 7.27. The molecule has 0 radical (unpaired) electrons. The maximum Gasteiger partial charge on any atom is 0.126 e. The summed E-state index contributed by atoms with van der Waals surface area (Å²) < 4.78 is 12.4. The van der Waals surface area contributed by atoms with E-state index in [9.17, 15) is 4.39 Å². The van der Waals surface area contributed by atoms with E-state index in [1.54, 1.807) is 0 Å². The summed E-state index contributed by atoms with van der Waals surface area (Å²) >= 11 is 0. The van der Waals surface area contributed by atoms with E-state index in [1.807, 2.05) is 0 Å². The number of fused-ring (bicyclic) bond motifs is 3. The molecule has 6 heteroatoms. The van der Waals surface area contributed by atoms with E-state index in [1.165, 1.54) is 47.0 Å². The number of nitrogens with zero attached hydrogens (tertiary/aromatic N) is 3. The number of halogens is 1. The standard InChI is InChI=1S/C28H34FN5/c1-18-11-23-22-5-2-3-6-24(22)32-26(23)27(34(18)28-12-19(13-28)14-28)20-7-8-25(30-15-20)31-21-16-33(17-21)10-4-9-29/h2-3,5-8,15,18-19,21,27,32H,4,9-14,16-17H2,1H3,(H,30,31)/t18-,19?,27-,28?/m1/s1. The van der Waals surface area contributed by atoms with Gasteiger partial charge in [0.15, 0.2) is 0 Å². The second kappa shape index (κ2) is 7.79. The minimum atomic E-state index is -0.228. The summed E-state index contributed by atoms with van der Waals surface area (Å²) in [6, 6.07) is 14.4. The molecule has 3 aliphatic carbocycles. The van der Waals surface area contributed by atoms with E-state index in [0.717, 1.165) is 37.8 Å². The van der Waals surface area contributed by atoms with Gasteiger partial charge in [0, 0.05) is 54.0 Å². The van der Waals surface area contributed by atoms with Crippen molar-refractivity contribution in [3.8, 4) is 0 Å². The molecule has 3 saturated carbocycles. The number of pyridine rings is 1. The van der Waals surface area contributed by atoms with Crippen LogP contribution >= 0.6 is 0 Å². The summed E-state index contributed by atoms with van der Waals surface area (Å²) in [6.07, 6.45) is 7.91. The molecule has 2 N–H and O–H groups in total. The maximum atomic E-state index is 12.4. The molecule has 0 spiro atoms. The number of H-pyrrole nitrogens is 1. The molecule has 0 unspecified atom stereocenters. The zero-order valence-corrected chi connectivity index (χ0v) is 19.9. The quantitative estimate of drug-likeness (QED) is 0.527. The Morgan fingerprint density at radius 1 is 1.15 bits per heavy atom. The molecule has 34 heavy (non-hydrogen) atoms. The highest BCUT2D eigenvalue weighted by molar-refractivity contribution is 5.85. The first-order valence-corrected chi connectivity index (χ1v) is 13.0. The van der Waals surface area contributed by atoms with Crippen LogP contribution in [-0.2, 0) is 6.42 Å². The van der Waals surface area contributed by atoms with Gasteiger partial charge in [-0.3, -0.25) is 14.2 Å². The van der Waals surface area contributed by atoms with Crippen molar-refractivity contribution in [1.82, 2.24) is 19.8 Å². The summed E-state index contributed by atoms with van der Waals surface area (Å²) in [5.41, 5.74) is 5.77. The molecule has 4 heterocycles. The van der Waals surface area contributed by atoms with Crippen LogP contribution in [0.5, 0.6) is 0 Å². The van der Waals surface area contributed by atoms with Crippen molar-refractivity contribution in [3.05, 3.63) is 59.4 Å². The Labute approximate surface area is 200 Å². The molecule has 2 aromatic heterocycles. The Kier molecular flexibility index (Phi) is 4.78. The Bertz CT molecular complexity index is 1180. The van der Waals surface area contributed by atoms with Crippen LogP contribution in [0.2, 0.25) is 0 Å². The maximum absolute atomic E-state index is 12.4. The van der Waals surface area contributed by atoms with Crippen LogP contribution in [0.1, 0.15) is 55.5 Å². The highest BCUT2D eigenvalue weighted by Crippen LogP contribution is 2.64. The van der Waals surface area contributed by atoms with E-state index in [0.29, 0.717) is 24.0 Å². The third-order valence-electron chi connectivity index (χ3n) is 8.95. The number of hydrogen-bond donors (Lipinski definition) is 2. The molecule has 2 atom stereocenters. The third-order valence-corrected chi connectivity index (χ3v) is 8.95. The SMILES string of the molecule is C[C@@H]1Cc2c([nH]c3ccccc23)[C@@H](c2ccc(NC3CN(CCCF)C3)nc2)N1C12CC(C1)C2. The van der Waals surface area contributed by atoms with Crippen LogP contribution in [-0.4, -0.2) is 63.7 Å². The minimum absolute atomic E-state index is 0.228. The average molecular weight is 460 g/mol. The number of nitrogens with one attached hydrogen (secondary N) is 2. The molecule has 1 aromatic carbocycles. The third kappa shape index (κ3) is 3.14. The van der Waals surface area contributed by atoms with Gasteiger partial charge in [0.05, 0.1) is 18.8 Å². The second-order valence-electron chi connectivity index (χ2n) is 11.2. The van der Waals surface area contributed by atoms with Crippen molar-refractivity contribution >= 4 is 16.7 Å². The molecule has 4 fully saturated rings. The number of benzene rings is 1. The van der Waals surface area contributed by atoms with Gasteiger partial charge in [0.2, 0.25) is 0 Å². The topological polar surface area (TPSA) is 47.2 Å². The molecule has 178 valence electrons. The van der Waals surface area contributed by atoms with Crippen LogP contribution in [0.15, 0.2) is 42.6 Å². The van der Waals surface area contributed by atoms with Gasteiger partial charge in [-0.15, -0.1) is 0 Å². The molecular weight excluding hydrogens is 425 g/mol. The van der Waals surface area contributed by atoms with Crippen molar-refractivity contribution in [2.75, 3.05) is 31.6 Å². The average Bonchev–Trinajstić information content (AvgIpc) is 3.12. The van der Waals surface area contributed by atoms with Gasteiger partial charge in [-0.05, 0) is 68.2 Å². The lowest BCUT2D eigenvalue weighted by Gasteiger charge is -2.70. The number of anilines is 1. The molecule has 5 aliphatic rings. The van der Waals surface area contributed by atoms with Crippen molar-refractivity contribution in [1.29, 1.82) is 0 Å². The van der Waals surface area contributed by atoms with Crippen LogP contribution < -0.4 is 5.32 Å². The Morgan fingerprint density at radius 3 is 2.68 bits per heavy atom. The minimum Gasteiger partial charge on any atom is -0.365 e. The Morgan fingerprint density at radius 2 is 1.97 bits per heavy atom. The second-order valence-corrected chi connectivity index (χ2v) is 11.2. The molecular formula is C28H34FN5. The van der Waals surface area contributed by atoms with Crippen molar-refractivity contribution in [2.24, 2.45) is 5.92 Å². The van der Waals surface area contributed by atoms with Crippen molar-refractivity contribution in [2.45, 2.75) is 62.7 Å². The molecule has 8 rings (SSSR count). The summed E-state index contributed by atoms with van der Waals surface area (Å²) in [7, 11) is 0. The molecule has 5 nitrogen and oxygen atoms in total. The zero-order chi connectivity index (χ0) is 22.9. The van der Waals surface area contributed by atoms with Crippen LogP contribution in [0, 0.1) is 5.92 Å². The predicted molar refractivity (Wildman–Crippen MR) is 134 cm³/mol. The van der Waals surface area contributed by atoms with E-state index in [2.05, 4.69) is 69.6 Å². The number of aromatic nitrogens is 2. The summed E-state index contributed by atoms with van der Waals surface area (Å²) in [5, 5.41) is 4.94. The van der Waals surface area contributed by atoms with E-state index < -0.39 is 0 Å².